The summed E-state index contributed by atoms with van der Waals surface area (Å²) >= 11 is 0. The van der Waals surface area contributed by atoms with Crippen LogP contribution in [0.1, 0.15) is 6.42 Å². The van der Waals surface area contributed by atoms with Crippen LogP contribution >= 0.6 is 0 Å². The van der Waals surface area contributed by atoms with Gasteiger partial charge in [0.15, 0.2) is 0 Å². The number of rotatable bonds is 4. The van der Waals surface area contributed by atoms with E-state index in [-0.39, 0.29) is 16.5 Å². The third-order valence-corrected chi connectivity index (χ3v) is 4.84. The lowest BCUT2D eigenvalue weighted by Crippen LogP contribution is -2.31. The van der Waals surface area contributed by atoms with E-state index in [9.17, 15) is 12.8 Å². The van der Waals surface area contributed by atoms with Crippen molar-refractivity contribution in [2.75, 3.05) is 32.4 Å². The summed E-state index contributed by atoms with van der Waals surface area (Å²) in [6.07, 6.45) is 0.956. The SMILES string of the molecule is CN1CCC(CNS(=O)(=O)c2cccc(F)c2N)C1. The van der Waals surface area contributed by atoms with Crippen molar-refractivity contribution in [2.45, 2.75) is 11.3 Å². The largest absolute Gasteiger partial charge is 0.395 e. The first-order valence-electron chi connectivity index (χ1n) is 6.12. The molecule has 0 bridgehead atoms. The van der Waals surface area contributed by atoms with Crippen molar-refractivity contribution >= 4 is 15.7 Å². The number of benzene rings is 1. The molecule has 1 aromatic rings. The Balaban J connectivity index is 2.08. The first-order valence-corrected chi connectivity index (χ1v) is 7.60. The zero-order chi connectivity index (χ0) is 14.0. The first kappa shape index (κ1) is 14.2. The van der Waals surface area contributed by atoms with E-state index in [1.54, 1.807) is 0 Å². The van der Waals surface area contributed by atoms with Crippen LogP contribution in [0.3, 0.4) is 0 Å². The zero-order valence-corrected chi connectivity index (χ0v) is 11.6. The zero-order valence-electron chi connectivity index (χ0n) is 10.8. The maximum atomic E-state index is 13.3. The van der Waals surface area contributed by atoms with Crippen LogP contribution in [0.25, 0.3) is 0 Å². The Morgan fingerprint density at radius 2 is 2.26 bits per heavy atom. The van der Waals surface area contributed by atoms with Crippen molar-refractivity contribution < 1.29 is 12.8 Å². The van der Waals surface area contributed by atoms with Crippen molar-refractivity contribution in [3.63, 3.8) is 0 Å². The topological polar surface area (TPSA) is 75.4 Å². The minimum atomic E-state index is -3.75. The highest BCUT2D eigenvalue weighted by Crippen LogP contribution is 2.21. The normalized spacial score (nSPS) is 20.8. The molecule has 106 valence electrons. The Hall–Kier alpha value is -1.18. The van der Waals surface area contributed by atoms with Gasteiger partial charge in [-0.2, -0.15) is 0 Å². The van der Waals surface area contributed by atoms with Crippen molar-refractivity contribution in [1.29, 1.82) is 0 Å². The molecule has 19 heavy (non-hydrogen) atoms. The van der Waals surface area contributed by atoms with Crippen molar-refractivity contribution in [3.05, 3.63) is 24.0 Å². The predicted molar refractivity (Wildman–Crippen MR) is 71.6 cm³/mol. The smallest absolute Gasteiger partial charge is 0.242 e. The van der Waals surface area contributed by atoms with Crippen molar-refractivity contribution in [1.82, 2.24) is 9.62 Å². The fourth-order valence-electron chi connectivity index (χ4n) is 2.25. The molecule has 2 rings (SSSR count). The molecule has 1 aliphatic heterocycles. The number of hydrogen-bond acceptors (Lipinski definition) is 4. The molecule has 3 N–H and O–H groups in total. The molecule has 1 aliphatic rings. The van der Waals surface area contributed by atoms with Gasteiger partial charge in [-0.15, -0.1) is 0 Å². The number of sulfonamides is 1. The number of hydrogen-bond donors (Lipinski definition) is 2. The standard InChI is InChI=1S/C12H18FN3O2S/c1-16-6-5-9(8-16)7-15-19(17,18)11-4-2-3-10(13)12(11)14/h2-4,9,15H,5-8,14H2,1H3. The molecule has 0 radical (unpaired) electrons. The van der Waals surface area contributed by atoms with Crippen LogP contribution in [0.2, 0.25) is 0 Å². The van der Waals surface area contributed by atoms with Gasteiger partial charge in [-0.3, -0.25) is 0 Å². The monoisotopic (exact) mass is 287 g/mol. The number of halogens is 1. The summed E-state index contributed by atoms with van der Waals surface area (Å²) in [7, 11) is -1.75. The number of para-hydroxylation sites is 1. The van der Waals surface area contributed by atoms with E-state index in [2.05, 4.69) is 9.62 Å². The Bertz CT molecular complexity index is 562. The summed E-state index contributed by atoms with van der Waals surface area (Å²) in [5, 5.41) is 0. The highest BCUT2D eigenvalue weighted by Gasteiger charge is 2.24. The van der Waals surface area contributed by atoms with E-state index < -0.39 is 15.8 Å². The fraction of sp³-hybridized carbons (Fsp3) is 0.500. The minimum Gasteiger partial charge on any atom is -0.395 e. The molecule has 1 fully saturated rings. The molecule has 0 spiro atoms. The summed E-state index contributed by atoms with van der Waals surface area (Å²) in [6.45, 7) is 2.18. The lowest BCUT2D eigenvalue weighted by molar-refractivity contribution is 0.394. The summed E-state index contributed by atoms with van der Waals surface area (Å²) < 4.78 is 39.9. The molecule has 1 saturated heterocycles. The molecule has 5 nitrogen and oxygen atoms in total. The Morgan fingerprint density at radius 3 is 2.89 bits per heavy atom. The van der Waals surface area contributed by atoms with Crippen LogP contribution in [0.5, 0.6) is 0 Å². The van der Waals surface area contributed by atoms with E-state index in [1.165, 1.54) is 12.1 Å². The van der Waals surface area contributed by atoms with Gasteiger partial charge in [-0.05, 0) is 38.1 Å². The van der Waals surface area contributed by atoms with Gasteiger partial charge in [-0.1, -0.05) is 6.07 Å². The molecule has 0 saturated carbocycles. The van der Waals surface area contributed by atoms with Crippen LogP contribution in [-0.2, 0) is 10.0 Å². The van der Waals surface area contributed by atoms with Gasteiger partial charge in [0.25, 0.3) is 0 Å². The lowest BCUT2D eigenvalue weighted by atomic mass is 10.1. The Kier molecular flexibility index (Phi) is 4.07. The van der Waals surface area contributed by atoms with Crippen LogP contribution in [-0.4, -0.2) is 40.0 Å². The summed E-state index contributed by atoms with van der Waals surface area (Å²) in [6, 6.07) is 3.78. The molecule has 7 heteroatoms. The van der Waals surface area contributed by atoms with Crippen LogP contribution in [0, 0.1) is 11.7 Å². The number of anilines is 1. The number of likely N-dealkylation sites (tertiary alicyclic amines) is 1. The van der Waals surface area contributed by atoms with Gasteiger partial charge < -0.3 is 10.6 Å². The second-order valence-corrected chi connectivity index (χ2v) is 6.66. The molecule has 1 atom stereocenters. The summed E-state index contributed by atoms with van der Waals surface area (Å²) in [4.78, 5) is 1.95. The quantitative estimate of drug-likeness (QED) is 0.797. The molecule has 0 amide bonds. The number of nitrogens with one attached hydrogen (secondary N) is 1. The van der Waals surface area contributed by atoms with Gasteiger partial charge in [0, 0.05) is 13.1 Å². The van der Waals surface area contributed by atoms with Gasteiger partial charge >= 0.3 is 0 Å². The third-order valence-electron chi connectivity index (χ3n) is 3.35. The third kappa shape index (κ3) is 3.23. The van der Waals surface area contributed by atoms with Crippen molar-refractivity contribution in [2.24, 2.45) is 5.92 Å². The van der Waals surface area contributed by atoms with Gasteiger partial charge in [-0.25, -0.2) is 17.5 Å². The van der Waals surface area contributed by atoms with Gasteiger partial charge in [0.1, 0.15) is 10.7 Å². The van der Waals surface area contributed by atoms with E-state index >= 15 is 0 Å². The molecule has 1 unspecified atom stereocenters. The lowest BCUT2D eigenvalue weighted by Gasteiger charge is -2.13. The molecular formula is C12H18FN3O2S. The second kappa shape index (κ2) is 5.44. The fourth-order valence-corrected chi connectivity index (χ4v) is 3.51. The van der Waals surface area contributed by atoms with E-state index in [1.807, 2.05) is 7.05 Å². The van der Waals surface area contributed by atoms with Crippen molar-refractivity contribution in [3.8, 4) is 0 Å². The Labute approximate surface area is 112 Å². The number of nitrogen functional groups attached to an aromatic ring is 1. The Morgan fingerprint density at radius 1 is 1.53 bits per heavy atom. The molecular weight excluding hydrogens is 269 g/mol. The molecule has 1 aromatic carbocycles. The molecule has 1 heterocycles. The highest BCUT2D eigenvalue weighted by molar-refractivity contribution is 7.89. The van der Waals surface area contributed by atoms with Gasteiger partial charge in [0.2, 0.25) is 10.0 Å². The second-order valence-electron chi connectivity index (χ2n) is 4.92. The maximum absolute atomic E-state index is 13.3. The van der Waals surface area contributed by atoms with E-state index in [4.69, 9.17) is 5.73 Å². The average molecular weight is 287 g/mol. The molecule has 0 aliphatic carbocycles. The van der Waals surface area contributed by atoms with Gasteiger partial charge in [0.05, 0.1) is 5.69 Å². The number of nitrogens with zero attached hydrogens (tertiary/aromatic N) is 1. The van der Waals surface area contributed by atoms with E-state index in [0.717, 1.165) is 25.6 Å². The highest BCUT2D eigenvalue weighted by atomic mass is 32.2. The van der Waals surface area contributed by atoms with Crippen LogP contribution in [0.4, 0.5) is 10.1 Å². The first-order chi connectivity index (χ1) is 8.90. The van der Waals surface area contributed by atoms with Crippen LogP contribution in [0.15, 0.2) is 23.1 Å². The molecule has 0 aromatic heterocycles. The summed E-state index contributed by atoms with van der Waals surface area (Å²) in [5.74, 6) is -0.432. The minimum absolute atomic E-state index is 0.196. The summed E-state index contributed by atoms with van der Waals surface area (Å²) in [5.41, 5.74) is 5.14. The predicted octanol–water partition coefficient (Wildman–Crippen LogP) is 0.638. The maximum Gasteiger partial charge on any atom is 0.242 e. The average Bonchev–Trinajstić information content (AvgIpc) is 2.76. The van der Waals surface area contributed by atoms with E-state index in [0.29, 0.717) is 6.54 Å². The van der Waals surface area contributed by atoms with Crippen LogP contribution < -0.4 is 10.5 Å². The number of nitrogens with two attached hydrogens (primary N) is 1.